The van der Waals surface area contributed by atoms with Crippen molar-refractivity contribution in [3.8, 4) is 5.75 Å². The molecule has 3 amide bonds. The number of ether oxygens (including phenoxy) is 5. The van der Waals surface area contributed by atoms with Gasteiger partial charge in [0.1, 0.15) is 29.7 Å². The first-order valence-corrected chi connectivity index (χ1v) is 13.2. The minimum atomic E-state index is -1.11. The standard InChI is InChI=1S/C30H39N3O9/c1-30(2,3)42-29(37)33-25(18-21-13-15-23(16-14-21)41-20-38-4)26(34)32-24(27(35)39-5)12-9-17-31-28(36)40-19-22-10-7-6-8-11-22/h6-8,10-16,25H,9,17-20H2,1-5H3,(H,31,36)(H,32,34)(H,33,37)/b24-12-/t25-/m0/s1. The summed E-state index contributed by atoms with van der Waals surface area (Å²) in [5.41, 5.74) is 0.602. The van der Waals surface area contributed by atoms with Crippen LogP contribution in [0.3, 0.4) is 0 Å². The van der Waals surface area contributed by atoms with Gasteiger partial charge in [-0.05, 0) is 50.5 Å². The van der Waals surface area contributed by atoms with E-state index in [0.29, 0.717) is 11.3 Å². The lowest BCUT2D eigenvalue weighted by Crippen LogP contribution is -2.49. The molecule has 2 aromatic carbocycles. The first-order chi connectivity index (χ1) is 20.0. The number of benzene rings is 2. The van der Waals surface area contributed by atoms with E-state index in [4.69, 9.17) is 23.7 Å². The summed E-state index contributed by atoms with van der Waals surface area (Å²) in [6.07, 6.45) is 0.242. The summed E-state index contributed by atoms with van der Waals surface area (Å²) in [4.78, 5) is 50.2. The summed E-state index contributed by atoms with van der Waals surface area (Å²) in [6, 6.07) is 15.0. The van der Waals surface area contributed by atoms with Crippen LogP contribution in [0.5, 0.6) is 5.75 Å². The molecule has 12 heteroatoms. The Hall–Kier alpha value is -4.58. The molecule has 0 unspecified atom stereocenters. The summed E-state index contributed by atoms with van der Waals surface area (Å²) in [7, 11) is 2.68. The Bertz CT molecular complexity index is 1190. The number of hydrogen-bond donors (Lipinski definition) is 3. The van der Waals surface area contributed by atoms with E-state index in [1.54, 1.807) is 45.0 Å². The van der Waals surface area contributed by atoms with Gasteiger partial charge < -0.3 is 39.6 Å². The largest absolute Gasteiger partial charge is 0.468 e. The lowest BCUT2D eigenvalue weighted by atomic mass is 10.0. The third-order valence-electron chi connectivity index (χ3n) is 5.35. The molecule has 0 saturated heterocycles. The molecule has 0 aliphatic carbocycles. The van der Waals surface area contributed by atoms with Crippen LogP contribution in [0.25, 0.3) is 0 Å². The zero-order valence-electron chi connectivity index (χ0n) is 24.6. The van der Waals surface area contributed by atoms with Crippen LogP contribution in [0, 0.1) is 0 Å². The molecule has 0 radical (unpaired) electrons. The molecule has 0 bridgehead atoms. The normalized spacial score (nSPS) is 12.0. The lowest BCUT2D eigenvalue weighted by Gasteiger charge is -2.23. The van der Waals surface area contributed by atoms with Gasteiger partial charge in [0.05, 0.1) is 7.11 Å². The number of rotatable bonds is 14. The molecule has 0 spiro atoms. The molecule has 0 saturated carbocycles. The van der Waals surface area contributed by atoms with Gasteiger partial charge >= 0.3 is 18.2 Å². The van der Waals surface area contributed by atoms with E-state index in [0.717, 1.165) is 5.56 Å². The van der Waals surface area contributed by atoms with Crippen molar-refractivity contribution in [2.45, 2.75) is 51.9 Å². The molecular formula is C30H39N3O9. The fourth-order valence-electron chi connectivity index (χ4n) is 3.42. The fraction of sp³-hybridized carbons (Fsp3) is 0.400. The van der Waals surface area contributed by atoms with Crippen molar-refractivity contribution in [2.24, 2.45) is 0 Å². The van der Waals surface area contributed by atoms with Crippen LogP contribution in [-0.2, 0) is 41.6 Å². The highest BCUT2D eigenvalue weighted by molar-refractivity contribution is 5.96. The highest BCUT2D eigenvalue weighted by Crippen LogP contribution is 2.15. The Balaban J connectivity index is 2.05. The van der Waals surface area contributed by atoms with Gasteiger partial charge in [0.2, 0.25) is 5.91 Å². The molecule has 0 heterocycles. The van der Waals surface area contributed by atoms with Crippen LogP contribution >= 0.6 is 0 Å². The van der Waals surface area contributed by atoms with Crippen molar-refractivity contribution in [3.05, 3.63) is 77.5 Å². The monoisotopic (exact) mass is 585 g/mol. The maximum atomic E-state index is 13.3. The van der Waals surface area contributed by atoms with Crippen molar-refractivity contribution in [3.63, 3.8) is 0 Å². The zero-order valence-corrected chi connectivity index (χ0v) is 24.6. The maximum Gasteiger partial charge on any atom is 0.408 e. The molecule has 1 atom stereocenters. The zero-order chi connectivity index (χ0) is 31.0. The van der Waals surface area contributed by atoms with Gasteiger partial charge in [-0.1, -0.05) is 48.5 Å². The number of esters is 1. The smallest absolute Gasteiger partial charge is 0.408 e. The van der Waals surface area contributed by atoms with Crippen LogP contribution in [0.15, 0.2) is 66.4 Å². The minimum Gasteiger partial charge on any atom is -0.468 e. The molecule has 0 aliphatic rings. The number of carbonyl (C=O) groups excluding carboxylic acids is 4. The average molecular weight is 586 g/mol. The highest BCUT2D eigenvalue weighted by atomic mass is 16.7. The number of alkyl carbamates (subject to hydrolysis) is 2. The Kier molecular flexibility index (Phi) is 13.8. The van der Waals surface area contributed by atoms with Gasteiger partial charge in [-0.25, -0.2) is 14.4 Å². The van der Waals surface area contributed by atoms with Crippen LogP contribution in [0.1, 0.15) is 38.3 Å². The van der Waals surface area contributed by atoms with Crippen LogP contribution in [-0.4, -0.2) is 63.3 Å². The van der Waals surface area contributed by atoms with Crippen LogP contribution in [0.4, 0.5) is 9.59 Å². The number of nitrogens with one attached hydrogen (secondary N) is 3. The molecule has 2 rings (SSSR count). The Morgan fingerprint density at radius 1 is 0.905 bits per heavy atom. The topological polar surface area (TPSA) is 151 Å². The quantitative estimate of drug-likeness (QED) is 0.0993. The van der Waals surface area contributed by atoms with Crippen molar-refractivity contribution in [1.29, 1.82) is 0 Å². The Morgan fingerprint density at radius 2 is 1.60 bits per heavy atom. The predicted octanol–water partition coefficient (Wildman–Crippen LogP) is 3.59. The summed E-state index contributed by atoms with van der Waals surface area (Å²) < 4.78 is 25.5. The van der Waals surface area contributed by atoms with Gasteiger partial charge in [-0.15, -0.1) is 0 Å². The van der Waals surface area contributed by atoms with E-state index < -0.39 is 35.7 Å². The second-order valence-corrected chi connectivity index (χ2v) is 9.97. The number of methoxy groups -OCH3 is 2. The Labute approximate surface area is 245 Å². The van der Waals surface area contributed by atoms with Gasteiger partial charge in [0.25, 0.3) is 0 Å². The number of hydrogen-bond acceptors (Lipinski definition) is 9. The molecule has 42 heavy (non-hydrogen) atoms. The minimum absolute atomic E-state index is 0.0810. The van der Waals surface area contributed by atoms with Crippen molar-refractivity contribution >= 4 is 24.1 Å². The second kappa shape index (κ2) is 17.3. The third-order valence-corrected chi connectivity index (χ3v) is 5.35. The molecule has 0 aliphatic heterocycles. The van der Waals surface area contributed by atoms with E-state index >= 15 is 0 Å². The molecule has 0 aromatic heterocycles. The molecular weight excluding hydrogens is 546 g/mol. The first-order valence-electron chi connectivity index (χ1n) is 13.2. The van der Waals surface area contributed by atoms with Gasteiger partial charge in [0, 0.05) is 20.1 Å². The number of carbonyl (C=O) groups is 4. The predicted molar refractivity (Wildman–Crippen MR) is 153 cm³/mol. The number of amides is 3. The van der Waals surface area contributed by atoms with Crippen molar-refractivity contribution in [2.75, 3.05) is 27.6 Å². The molecule has 3 N–H and O–H groups in total. The Morgan fingerprint density at radius 3 is 2.21 bits per heavy atom. The van der Waals surface area contributed by atoms with E-state index in [2.05, 4.69) is 16.0 Å². The lowest BCUT2D eigenvalue weighted by molar-refractivity contribution is -0.138. The molecule has 0 fully saturated rings. The summed E-state index contributed by atoms with van der Waals surface area (Å²) >= 11 is 0. The van der Waals surface area contributed by atoms with Gasteiger partial charge in [-0.2, -0.15) is 0 Å². The van der Waals surface area contributed by atoms with E-state index in [-0.39, 0.29) is 38.5 Å². The SMILES string of the molecule is COCOc1ccc(C[C@H](NC(=O)OC(C)(C)C)C(=O)N/C(=C\CCNC(=O)OCc2ccccc2)C(=O)OC)cc1. The van der Waals surface area contributed by atoms with E-state index in [9.17, 15) is 19.2 Å². The van der Waals surface area contributed by atoms with Gasteiger partial charge in [0.15, 0.2) is 6.79 Å². The third kappa shape index (κ3) is 13.2. The van der Waals surface area contributed by atoms with Crippen LogP contribution < -0.4 is 20.7 Å². The van der Waals surface area contributed by atoms with E-state index in [1.807, 2.05) is 30.3 Å². The van der Waals surface area contributed by atoms with E-state index in [1.165, 1.54) is 20.3 Å². The second-order valence-electron chi connectivity index (χ2n) is 9.97. The molecule has 228 valence electrons. The average Bonchev–Trinajstić information content (AvgIpc) is 2.96. The maximum absolute atomic E-state index is 13.3. The highest BCUT2D eigenvalue weighted by Gasteiger charge is 2.26. The van der Waals surface area contributed by atoms with Gasteiger partial charge in [-0.3, -0.25) is 4.79 Å². The summed E-state index contributed by atoms with van der Waals surface area (Å²) in [5.74, 6) is -0.909. The molecule has 12 nitrogen and oxygen atoms in total. The summed E-state index contributed by atoms with van der Waals surface area (Å²) in [5, 5.41) is 7.66. The first kappa shape index (κ1) is 33.6. The fourth-order valence-corrected chi connectivity index (χ4v) is 3.42. The van der Waals surface area contributed by atoms with Crippen molar-refractivity contribution in [1.82, 2.24) is 16.0 Å². The van der Waals surface area contributed by atoms with Crippen molar-refractivity contribution < 1.29 is 42.9 Å². The summed E-state index contributed by atoms with van der Waals surface area (Å²) in [6.45, 7) is 5.41. The van der Waals surface area contributed by atoms with Crippen LogP contribution in [0.2, 0.25) is 0 Å². The molecule has 2 aromatic rings.